The number of carbonyl (C=O) groups is 2. The highest BCUT2D eigenvalue weighted by Crippen LogP contribution is 2.22. The Balaban J connectivity index is 2.40. The van der Waals surface area contributed by atoms with Crippen LogP contribution < -0.4 is 9.62 Å². The van der Waals surface area contributed by atoms with E-state index in [1.165, 1.54) is 23.1 Å². The van der Waals surface area contributed by atoms with Gasteiger partial charge in [-0.2, -0.15) is 0 Å². The van der Waals surface area contributed by atoms with Crippen LogP contribution in [0.4, 0.5) is 10.1 Å². The Hall–Kier alpha value is -2.65. The quantitative estimate of drug-likeness (QED) is 0.593. The van der Waals surface area contributed by atoms with Crippen LogP contribution in [0.25, 0.3) is 0 Å². The molecule has 0 spiro atoms. The van der Waals surface area contributed by atoms with Gasteiger partial charge >= 0.3 is 0 Å². The van der Waals surface area contributed by atoms with E-state index in [-0.39, 0.29) is 18.3 Å². The van der Waals surface area contributed by atoms with Gasteiger partial charge in [0.25, 0.3) is 0 Å². The molecule has 32 heavy (non-hydrogen) atoms. The van der Waals surface area contributed by atoms with Gasteiger partial charge in [0.1, 0.15) is 18.4 Å². The largest absolute Gasteiger partial charge is 0.352 e. The van der Waals surface area contributed by atoms with Gasteiger partial charge in [-0.25, -0.2) is 12.8 Å². The third-order valence-electron chi connectivity index (χ3n) is 4.67. The fourth-order valence-electron chi connectivity index (χ4n) is 3.04. The monoisotopic (exact) mass is 483 g/mol. The van der Waals surface area contributed by atoms with Crippen LogP contribution in [0.1, 0.15) is 26.3 Å². The Morgan fingerprint density at radius 3 is 2.31 bits per heavy atom. The molecule has 1 atom stereocenters. The number of nitrogens with one attached hydrogen (secondary N) is 1. The lowest BCUT2D eigenvalue weighted by Crippen LogP contribution is -2.52. The maximum absolute atomic E-state index is 13.7. The first-order chi connectivity index (χ1) is 14.9. The summed E-state index contributed by atoms with van der Waals surface area (Å²) in [6.07, 6.45) is 0.929. The number of rotatable bonds is 9. The lowest BCUT2D eigenvalue weighted by Gasteiger charge is -2.32. The highest BCUT2D eigenvalue weighted by molar-refractivity contribution is 7.92. The van der Waals surface area contributed by atoms with E-state index < -0.39 is 40.2 Å². The van der Waals surface area contributed by atoms with Crippen molar-refractivity contribution in [3.8, 4) is 0 Å². The van der Waals surface area contributed by atoms with Crippen molar-refractivity contribution in [1.29, 1.82) is 0 Å². The second kappa shape index (κ2) is 10.8. The van der Waals surface area contributed by atoms with Crippen LogP contribution in [-0.4, -0.2) is 50.0 Å². The molecule has 0 saturated heterocycles. The van der Waals surface area contributed by atoms with Crippen molar-refractivity contribution in [2.75, 3.05) is 17.1 Å². The summed E-state index contributed by atoms with van der Waals surface area (Å²) < 4.78 is 39.3. The molecule has 1 N–H and O–H groups in total. The van der Waals surface area contributed by atoms with E-state index in [9.17, 15) is 22.4 Å². The number of carbonyl (C=O) groups excluding carboxylic acids is 2. The van der Waals surface area contributed by atoms with E-state index in [1.54, 1.807) is 45.0 Å². The Kier molecular flexibility index (Phi) is 8.63. The lowest BCUT2D eigenvalue weighted by molar-refractivity contribution is -0.139. The van der Waals surface area contributed by atoms with Gasteiger partial charge in [0.2, 0.25) is 21.8 Å². The summed E-state index contributed by atoms with van der Waals surface area (Å²) in [6.45, 7) is 4.53. The van der Waals surface area contributed by atoms with E-state index in [0.29, 0.717) is 10.6 Å². The van der Waals surface area contributed by atoms with Gasteiger partial charge in [-0.15, -0.1) is 0 Å². The Labute approximate surface area is 193 Å². The number of benzene rings is 2. The number of hydrogen-bond acceptors (Lipinski definition) is 4. The zero-order chi connectivity index (χ0) is 24.1. The number of amides is 2. The molecule has 0 aliphatic carbocycles. The molecule has 0 aromatic heterocycles. The van der Waals surface area contributed by atoms with Crippen LogP contribution in [0.2, 0.25) is 5.02 Å². The molecular formula is C22H27ClFN3O4S. The molecule has 0 radical (unpaired) electrons. The molecule has 10 heteroatoms. The number of anilines is 1. The first-order valence-electron chi connectivity index (χ1n) is 9.96. The molecule has 0 unspecified atom stereocenters. The van der Waals surface area contributed by atoms with Gasteiger partial charge in [0, 0.05) is 17.6 Å². The second-order valence-electron chi connectivity index (χ2n) is 7.70. The fraction of sp³-hybridized carbons (Fsp3) is 0.364. The first-order valence-corrected chi connectivity index (χ1v) is 12.2. The SMILES string of the molecule is CC(C)NC(=O)[C@H](C)N(Cc1ccccc1Cl)C(=O)CN(c1cccc(F)c1)S(C)(=O)=O. The van der Waals surface area contributed by atoms with Gasteiger partial charge in [-0.05, 0) is 50.6 Å². The minimum absolute atomic E-state index is 0.00799. The van der Waals surface area contributed by atoms with Gasteiger partial charge in [-0.1, -0.05) is 35.9 Å². The summed E-state index contributed by atoms with van der Waals surface area (Å²) in [6, 6.07) is 10.8. The van der Waals surface area contributed by atoms with Crippen molar-refractivity contribution in [3.05, 3.63) is 64.9 Å². The second-order valence-corrected chi connectivity index (χ2v) is 10.0. The number of halogens is 2. The summed E-state index contributed by atoms with van der Waals surface area (Å²) in [4.78, 5) is 27.2. The molecule has 0 aliphatic rings. The van der Waals surface area contributed by atoms with Crippen LogP contribution in [0, 0.1) is 5.82 Å². The van der Waals surface area contributed by atoms with Crippen LogP contribution in [-0.2, 0) is 26.2 Å². The zero-order valence-electron chi connectivity index (χ0n) is 18.4. The molecule has 2 aromatic rings. The molecule has 0 fully saturated rings. The molecule has 0 saturated carbocycles. The fourth-order valence-corrected chi connectivity index (χ4v) is 4.08. The molecular weight excluding hydrogens is 457 g/mol. The summed E-state index contributed by atoms with van der Waals surface area (Å²) in [7, 11) is -3.92. The van der Waals surface area contributed by atoms with Crippen molar-refractivity contribution in [3.63, 3.8) is 0 Å². The molecule has 0 heterocycles. The van der Waals surface area contributed by atoms with Crippen LogP contribution in [0.15, 0.2) is 48.5 Å². The van der Waals surface area contributed by atoms with Crippen LogP contribution in [0.3, 0.4) is 0 Å². The van der Waals surface area contributed by atoms with Crippen LogP contribution >= 0.6 is 11.6 Å². The van der Waals surface area contributed by atoms with Crippen LogP contribution in [0.5, 0.6) is 0 Å². The molecule has 2 rings (SSSR count). The lowest BCUT2D eigenvalue weighted by atomic mass is 10.1. The molecule has 0 bridgehead atoms. The number of hydrogen-bond donors (Lipinski definition) is 1. The van der Waals surface area contributed by atoms with E-state index in [0.717, 1.165) is 16.6 Å². The molecule has 2 aromatic carbocycles. The highest BCUT2D eigenvalue weighted by atomic mass is 35.5. The smallest absolute Gasteiger partial charge is 0.244 e. The minimum Gasteiger partial charge on any atom is -0.352 e. The topological polar surface area (TPSA) is 86.8 Å². The normalized spacial score (nSPS) is 12.3. The van der Waals surface area contributed by atoms with Crippen molar-refractivity contribution < 1.29 is 22.4 Å². The average Bonchev–Trinajstić information content (AvgIpc) is 2.69. The maximum atomic E-state index is 13.7. The maximum Gasteiger partial charge on any atom is 0.244 e. The molecule has 7 nitrogen and oxygen atoms in total. The molecule has 2 amide bonds. The molecule has 174 valence electrons. The molecule has 0 aliphatic heterocycles. The predicted octanol–water partition coefficient (Wildman–Crippen LogP) is 3.19. The number of sulfonamides is 1. The summed E-state index contributed by atoms with van der Waals surface area (Å²) in [5.41, 5.74) is 0.612. The zero-order valence-corrected chi connectivity index (χ0v) is 20.0. The van der Waals surface area contributed by atoms with Gasteiger partial charge in [-0.3, -0.25) is 13.9 Å². The summed E-state index contributed by atoms with van der Waals surface area (Å²) in [5, 5.41) is 3.16. The minimum atomic E-state index is -3.92. The average molecular weight is 484 g/mol. The van der Waals surface area contributed by atoms with E-state index in [2.05, 4.69) is 5.32 Å². The van der Waals surface area contributed by atoms with Gasteiger partial charge in [0.05, 0.1) is 11.9 Å². The third kappa shape index (κ3) is 6.93. The van der Waals surface area contributed by atoms with E-state index in [1.807, 2.05) is 0 Å². The Bertz CT molecular complexity index is 1080. The first kappa shape index (κ1) is 25.6. The van der Waals surface area contributed by atoms with Crippen molar-refractivity contribution in [2.24, 2.45) is 0 Å². The van der Waals surface area contributed by atoms with Crippen molar-refractivity contribution in [1.82, 2.24) is 10.2 Å². The van der Waals surface area contributed by atoms with Crippen molar-refractivity contribution >= 4 is 39.1 Å². The predicted molar refractivity (Wildman–Crippen MR) is 123 cm³/mol. The summed E-state index contributed by atoms with van der Waals surface area (Å²) in [5.74, 6) is -1.66. The van der Waals surface area contributed by atoms with E-state index >= 15 is 0 Å². The van der Waals surface area contributed by atoms with E-state index in [4.69, 9.17) is 11.6 Å². The highest BCUT2D eigenvalue weighted by Gasteiger charge is 2.30. The standard InChI is InChI=1S/C22H27ClFN3O4S/c1-15(2)25-22(29)16(3)26(13-17-8-5-6-11-20(17)23)21(28)14-27(32(4,30)31)19-10-7-9-18(24)12-19/h5-12,15-16H,13-14H2,1-4H3,(H,25,29)/t16-/m0/s1. The van der Waals surface area contributed by atoms with Crippen molar-refractivity contribution in [2.45, 2.75) is 39.4 Å². The Morgan fingerprint density at radius 2 is 1.75 bits per heavy atom. The number of nitrogens with zero attached hydrogens (tertiary/aromatic N) is 2. The third-order valence-corrected chi connectivity index (χ3v) is 6.18. The summed E-state index contributed by atoms with van der Waals surface area (Å²) >= 11 is 6.25. The van der Waals surface area contributed by atoms with Gasteiger partial charge in [0.15, 0.2) is 0 Å². The Morgan fingerprint density at radius 1 is 1.09 bits per heavy atom. The van der Waals surface area contributed by atoms with Gasteiger partial charge < -0.3 is 10.2 Å².